The van der Waals surface area contributed by atoms with Gasteiger partial charge in [0.1, 0.15) is 11.5 Å². The van der Waals surface area contributed by atoms with Crippen LogP contribution in [0.15, 0.2) is 16.5 Å². The fraction of sp³-hybridized carbons (Fsp3) is 0.692. The van der Waals surface area contributed by atoms with Crippen molar-refractivity contribution in [3.63, 3.8) is 0 Å². The first-order valence-corrected chi connectivity index (χ1v) is 7.50. The van der Waals surface area contributed by atoms with Crippen molar-refractivity contribution in [2.75, 3.05) is 19.5 Å². The summed E-state index contributed by atoms with van der Waals surface area (Å²) in [5, 5.41) is 3.59. The van der Waals surface area contributed by atoms with Gasteiger partial charge in [0.25, 0.3) is 0 Å². The predicted molar refractivity (Wildman–Crippen MR) is 71.2 cm³/mol. The van der Waals surface area contributed by atoms with Gasteiger partial charge in [-0.15, -0.1) is 0 Å². The highest BCUT2D eigenvalue weighted by Gasteiger charge is 2.26. The third-order valence-corrected chi connectivity index (χ3v) is 3.86. The average molecular weight is 255 g/mol. The zero-order valence-electron chi connectivity index (χ0n) is 10.6. The van der Waals surface area contributed by atoms with E-state index >= 15 is 0 Å². The van der Waals surface area contributed by atoms with Crippen molar-refractivity contribution in [1.82, 2.24) is 5.32 Å². The maximum absolute atomic E-state index is 5.75. The number of ether oxygens (including phenoxy) is 1. The molecule has 0 atom stereocenters. The van der Waals surface area contributed by atoms with Gasteiger partial charge >= 0.3 is 0 Å². The van der Waals surface area contributed by atoms with Gasteiger partial charge in [0.2, 0.25) is 0 Å². The minimum atomic E-state index is 0.199. The summed E-state index contributed by atoms with van der Waals surface area (Å²) >= 11 is 1.78. The lowest BCUT2D eigenvalue weighted by Crippen LogP contribution is -2.46. The second-order valence-electron chi connectivity index (χ2n) is 4.83. The van der Waals surface area contributed by atoms with Crippen molar-refractivity contribution < 1.29 is 9.15 Å². The van der Waals surface area contributed by atoms with Crippen LogP contribution in [-0.4, -0.2) is 25.0 Å². The van der Waals surface area contributed by atoms with Crippen molar-refractivity contribution in [3.8, 4) is 0 Å². The number of rotatable bonds is 5. The van der Waals surface area contributed by atoms with Gasteiger partial charge in [-0.25, -0.2) is 0 Å². The molecule has 0 aromatic carbocycles. The Labute approximate surface area is 107 Å². The van der Waals surface area contributed by atoms with Crippen LogP contribution in [0.1, 0.15) is 31.3 Å². The molecule has 1 aromatic rings. The lowest BCUT2D eigenvalue weighted by atomic mass is 9.92. The van der Waals surface area contributed by atoms with Gasteiger partial charge in [-0.3, -0.25) is 0 Å². The minimum Gasteiger partial charge on any atom is -0.464 e. The van der Waals surface area contributed by atoms with Crippen molar-refractivity contribution >= 4 is 11.8 Å². The standard InChI is InChI=1S/C13H21NO2S/c1-13(5-7-15-8-6-13)14-9-11-3-4-12(16-11)10-17-2/h3-4,14H,5-10H2,1-2H3. The average Bonchev–Trinajstić information content (AvgIpc) is 2.76. The highest BCUT2D eigenvalue weighted by molar-refractivity contribution is 7.97. The van der Waals surface area contributed by atoms with Crippen LogP contribution in [0.25, 0.3) is 0 Å². The number of hydrogen-bond donors (Lipinski definition) is 1. The number of nitrogens with one attached hydrogen (secondary N) is 1. The number of furan rings is 1. The Kier molecular flexibility index (Phi) is 4.54. The van der Waals surface area contributed by atoms with E-state index in [2.05, 4.69) is 30.6 Å². The first-order chi connectivity index (χ1) is 8.22. The van der Waals surface area contributed by atoms with Gasteiger partial charge in [0.05, 0.1) is 12.3 Å². The Morgan fingerprint density at radius 2 is 2.00 bits per heavy atom. The summed E-state index contributed by atoms with van der Waals surface area (Å²) in [5.41, 5.74) is 0.199. The van der Waals surface area contributed by atoms with Crippen LogP contribution in [0.3, 0.4) is 0 Å². The van der Waals surface area contributed by atoms with Crippen molar-refractivity contribution in [2.24, 2.45) is 0 Å². The lowest BCUT2D eigenvalue weighted by molar-refractivity contribution is 0.0439. The molecule has 2 heterocycles. The molecule has 2 rings (SSSR count). The highest BCUT2D eigenvalue weighted by atomic mass is 32.2. The van der Waals surface area contributed by atoms with Crippen LogP contribution in [0.4, 0.5) is 0 Å². The topological polar surface area (TPSA) is 34.4 Å². The predicted octanol–water partition coefficient (Wildman–Crippen LogP) is 2.80. The SMILES string of the molecule is CSCc1ccc(CNC2(C)CCOCC2)o1. The van der Waals surface area contributed by atoms with Gasteiger partial charge in [0.15, 0.2) is 0 Å². The quantitative estimate of drug-likeness (QED) is 0.877. The summed E-state index contributed by atoms with van der Waals surface area (Å²) in [7, 11) is 0. The molecule has 0 bridgehead atoms. The Balaban J connectivity index is 1.83. The normalized spacial score (nSPS) is 19.4. The first kappa shape index (κ1) is 13.0. The summed E-state index contributed by atoms with van der Waals surface area (Å²) in [6.07, 6.45) is 4.24. The van der Waals surface area contributed by atoms with E-state index in [1.54, 1.807) is 11.8 Å². The zero-order valence-corrected chi connectivity index (χ0v) is 11.4. The fourth-order valence-electron chi connectivity index (χ4n) is 2.04. The molecule has 0 saturated carbocycles. The second-order valence-corrected chi connectivity index (χ2v) is 5.69. The van der Waals surface area contributed by atoms with Crippen LogP contribution in [-0.2, 0) is 17.0 Å². The zero-order chi connectivity index (χ0) is 12.1. The lowest BCUT2D eigenvalue weighted by Gasteiger charge is -2.34. The molecule has 0 aliphatic carbocycles. The van der Waals surface area contributed by atoms with E-state index in [9.17, 15) is 0 Å². The van der Waals surface area contributed by atoms with E-state index in [0.717, 1.165) is 49.9 Å². The molecule has 0 amide bonds. The van der Waals surface area contributed by atoms with E-state index in [1.807, 2.05) is 0 Å². The van der Waals surface area contributed by atoms with Crippen LogP contribution in [0.5, 0.6) is 0 Å². The molecule has 1 N–H and O–H groups in total. The van der Waals surface area contributed by atoms with Crippen LogP contribution in [0.2, 0.25) is 0 Å². The third kappa shape index (κ3) is 3.76. The Bertz CT molecular complexity index is 345. The van der Waals surface area contributed by atoms with E-state index in [0.29, 0.717) is 0 Å². The molecule has 1 fully saturated rings. The van der Waals surface area contributed by atoms with Crippen molar-refractivity contribution in [2.45, 2.75) is 37.6 Å². The van der Waals surface area contributed by atoms with Gasteiger partial charge in [-0.05, 0) is 38.2 Å². The van der Waals surface area contributed by atoms with E-state index in [1.165, 1.54) is 0 Å². The van der Waals surface area contributed by atoms with Gasteiger partial charge < -0.3 is 14.5 Å². The first-order valence-electron chi connectivity index (χ1n) is 6.11. The monoisotopic (exact) mass is 255 g/mol. The second kappa shape index (κ2) is 5.94. The van der Waals surface area contributed by atoms with E-state index in [4.69, 9.17) is 9.15 Å². The maximum Gasteiger partial charge on any atom is 0.118 e. The van der Waals surface area contributed by atoms with Crippen LogP contribution < -0.4 is 5.32 Å². The molecule has 0 radical (unpaired) electrons. The van der Waals surface area contributed by atoms with Crippen LogP contribution >= 0.6 is 11.8 Å². The Morgan fingerprint density at radius 3 is 2.71 bits per heavy atom. The molecule has 1 aliphatic heterocycles. The molecule has 4 heteroatoms. The van der Waals surface area contributed by atoms with Gasteiger partial charge in [-0.2, -0.15) is 11.8 Å². The maximum atomic E-state index is 5.75. The summed E-state index contributed by atoms with van der Waals surface area (Å²) in [6.45, 7) is 4.80. The van der Waals surface area contributed by atoms with Crippen molar-refractivity contribution in [3.05, 3.63) is 23.7 Å². The molecular weight excluding hydrogens is 234 g/mol. The smallest absolute Gasteiger partial charge is 0.118 e. The molecule has 17 heavy (non-hydrogen) atoms. The Morgan fingerprint density at radius 1 is 1.29 bits per heavy atom. The molecule has 3 nitrogen and oxygen atoms in total. The summed E-state index contributed by atoms with van der Waals surface area (Å²) in [4.78, 5) is 0. The molecule has 0 unspecified atom stereocenters. The molecule has 1 aliphatic rings. The van der Waals surface area contributed by atoms with Gasteiger partial charge in [-0.1, -0.05) is 0 Å². The molecule has 1 saturated heterocycles. The van der Waals surface area contributed by atoms with Gasteiger partial charge in [0, 0.05) is 18.8 Å². The van der Waals surface area contributed by atoms with E-state index < -0.39 is 0 Å². The summed E-state index contributed by atoms with van der Waals surface area (Å²) < 4.78 is 11.1. The largest absolute Gasteiger partial charge is 0.464 e. The Hall–Kier alpha value is -0.450. The summed E-state index contributed by atoms with van der Waals surface area (Å²) in [6, 6.07) is 4.14. The number of thioether (sulfide) groups is 1. The van der Waals surface area contributed by atoms with Crippen molar-refractivity contribution in [1.29, 1.82) is 0 Å². The summed E-state index contributed by atoms with van der Waals surface area (Å²) in [5.74, 6) is 3.04. The minimum absolute atomic E-state index is 0.199. The molecular formula is C13H21NO2S. The molecule has 1 aromatic heterocycles. The third-order valence-electron chi connectivity index (χ3n) is 3.29. The number of hydrogen-bond acceptors (Lipinski definition) is 4. The molecule has 0 spiro atoms. The van der Waals surface area contributed by atoms with Crippen LogP contribution in [0, 0.1) is 0 Å². The highest BCUT2D eigenvalue weighted by Crippen LogP contribution is 2.21. The molecule has 96 valence electrons. The fourth-order valence-corrected chi connectivity index (χ4v) is 2.48. The van der Waals surface area contributed by atoms with E-state index in [-0.39, 0.29) is 5.54 Å².